The minimum Gasteiger partial charge on any atom is -0.377 e. The lowest BCUT2D eigenvalue weighted by Gasteiger charge is -2.24. The topological polar surface area (TPSA) is 129 Å². The first-order chi connectivity index (χ1) is 23.1. The largest absolute Gasteiger partial charge is 0.472 e. The second-order valence-electron chi connectivity index (χ2n) is 12.8. The lowest BCUT2D eigenvalue weighted by molar-refractivity contribution is -0.0369. The van der Waals surface area contributed by atoms with E-state index in [-0.39, 0.29) is 24.2 Å². The monoisotopic (exact) mass is 742 g/mol. The van der Waals surface area contributed by atoms with Crippen molar-refractivity contribution in [1.82, 2.24) is 9.55 Å². The van der Waals surface area contributed by atoms with Gasteiger partial charge in [0.15, 0.2) is 0 Å². The number of H-pyrrole nitrogens is 1. The van der Waals surface area contributed by atoms with E-state index in [1.807, 2.05) is 16.7 Å². The van der Waals surface area contributed by atoms with Gasteiger partial charge in [0.1, 0.15) is 23.5 Å². The van der Waals surface area contributed by atoms with Crippen molar-refractivity contribution in [2.45, 2.75) is 166 Å². The first-order valence-corrected chi connectivity index (χ1v) is 21.2. The van der Waals surface area contributed by atoms with Gasteiger partial charge in [0, 0.05) is 24.5 Å². The maximum absolute atomic E-state index is 14.6. The van der Waals surface area contributed by atoms with Crippen molar-refractivity contribution in [3.8, 4) is 0 Å². The number of aromatic amines is 1. The number of rotatable bonds is 29. The predicted molar refractivity (Wildman–Crippen MR) is 193 cm³/mol. The third-order valence-corrected chi connectivity index (χ3v) is 11.5. The summed E-state index contributed by atoms with van der Waals surface area (Å²) in [5.41, 5.74) is -1.57. The fraction of sp³-hybridized carbons (Fsp3) is 0.882. The van der Waals surface area contributed by atoms with Gasteiger partial charge >= 0.3 is 13.5 Å². The fourth-order valence-corrected chi connectivity index (χ4v) is 8.01. The van der Waals surface area contributed by atoms with Crippen LogP contribution in [0.1, 0.15) is 143 Å². The Morgan fingerprint density at radius 3 is 2.23 bits per heavy atom. The number of phosphoric acid groups is 1. The van der Waals surface area contributed by atoms with Gasteiger partial charge in [0.2, 0.25) is 0 Å². The highest BCUT2D eigenvalue weighted by atomic mass is 35.5. The van der Waals surface area contributed by atoms with Gasteiger partial charge < -0.3 is 14.4 Å². The molecule has 0 saturated carbocycles. The molecule has 1 fully saturated rings. The molecule has 6 atom stereocenters. The molecule has 1 aliphatic rings. The second-order valence-corrected chi connectivity index (χ2v) is 16.1. The van der Waals surface area contributed by atoms with E-state index < -0.39 is 44.2 Å². The molecule has 10 nitrogen and oxygen atoms in total. The molecule has 0 aromatic carbocycles. The molecular weight excluding hydrogens is 682 g/mol. The van der Waals surface area contributed by atoms with E-state index in [0.29, 0.717) is 18.3 Å². The Hall–Kier alpha value is -0.720. The number of alkyl halides is 1. The van der Waals surface area contributed by atoms with Gasteiger partial charge in [0.25, 0.3) is 5.56 Å². The molecule has 280 valence electrons. The number of hydrogen-bond acceptors (Lipinski definition) is 8. The number of unbranched alkanes of at least 4 members (excludes halogenated alkanes) is 13. The molecule has 1 aliphatic heterocycles. The van der Waals surface area contributed by atoms with Gasteiger partial charge in [-0.05, 0) is 31.9 Å². The normalized spacial score (nSPS) is 20.6. The summed E-state index contributed by atoms with van der Waals surface area (Å²) < 4.78 is 49.7. The molecular formula is C34H61ClFN2O8PS. The van der Waals surface area contributed by atoms with Gasteiger partial charge in [-0.25, -0.2) is 13.8 Å². The summed E-state index contributed by atoms with van der Waals surface area (Å²) in [5, 5.41) is 0.159. The van der Waals surface area contributed by atoms with Crippen LogP contribution in [0.5, 0.6) is 0 Å². The maximum atomic E-state index is 14.6. The highest BCUT2D eigenvalue weighted by Gasteiger charge is 2.39. The van der Waals surface area contributed by atoms with Gasteiger partial charge in [-0.1, -0.05) is 115 Å². The van der Waals surface area contributed by atoms with Gasteiger partial charge in [-0.3, -0.25) is 23.4 Å². The van der Waals surface area contributed by atoms with Crippen LogP contribution in [-0.4, -0.2) is 63.6 Å². The molecule has 0 bridgehead atoms. The zero-order valence-corrected chi connectivity index (χ0v) is 31.9. The van der Waals surface area contributed by atoms with E-state index in [1.54, 1.807) is 0 Å². The number of thioether (sulfide) groups is 1. The second kappa shape index (κ2) is 25.3. The Morgan fingerprint density at radius 2 is 1.58 bits per heavy atom. The third kappa shape index (κ3) is 18.0. The highest BCUT2D eigenvalue weighted by Crippen LogP contribution is 2.44. The standard InChI is InChI=1S/C34H61ClFN2O8PS/c1-4-6-8-10-11-12-13-14-16-18-23-48-31(20-17-15-9-7-5-2)27(3)43-21-19-22-44-47(41,42)45-26-30-29(36)24-32(46-30)38-25-28(35)33(39)37-34(38)40/h25,27,29-32H,4-24,26H2,1-3H3,(H,41,42)(H,37,39,40)/t27?,29-,30+,31?,32+/m0/s1. The summed E-state index contributed by atoms with van der Waals surface area (Å²) in [5.74, 6) is 1.14. The average molecular weight is 743 g/mol. The van der Waals surface area contributed by atoms with Crippen LogP contribution in [0.4, 0.5) is 4.39 Å². The molecule has 1 aromatic rings. The molecule has 2 heterocycles. The molecule has 48 heavy (non-hydrogen) atoms. The molecule has 2 rings (SSSR count). The van der Waals surface area contributed by atoms with Gasteiger partial charge in [-0.15, -0.1) is 0 Å². The molecule has 2 N–H and O–H groups in total. The Balaban J connectivity index is 1.67. The molecule has 14 heteroatoms. The maximum Gasteiger partial charge on any atom is 0.472 e. The molecule has 1 saturated heterocycles. The quantitative estimate of drug-likeness (QED) is 0.0610. The van der Waals surface area contributed by atoms with Crippen molar-refractivity contribution in [2.24, 2.45) is 0 Å². The minimum absolute atomic E-state index is 0.0558. The van der Waals surface area contributed by atoms with Crippen LogP contribution in [0, 0.1) is 0 Å². The minimum atomic E-state index is -4.47. The summed E-state index contributed by atoms with van der Waals surface area (Å²) in [4.78, 5) is 35.7. The first-order valence-electron chi connectivity index (χ1n) is 18.2. The number of nitrogens with one attached hydrogen (secondary N) is 1. The number of nitrogens with zero attached hydrogens (tertiary/aromatic N) is 1. The molecule has 0 spiro atoms. The predicted octanol–water partition coefficient (Wildman–Crippen LogP) is 9.13. The zero-order valence-electron chi connectivity index (χ0n) is 29.4. The van der Waals surface area contributed by atoms with Crippen molar-refractivity contribution < 1.29 is 32.4 Å². The van der Waals surface area contributed by atoms with Crippen molar-refractivity contribution >= 4 is 31.2 Å². The summed E-state index contributed by atoms with van der Waals surface area (Å²) in [6, 6.07) is 0. The Bertz CT molecular complexity index is 1160. The van der Waals surface area contributed by atoms with Crippen molar-refractivity contribution in [1.29, 1.82) is 0 Å². The average Bonchev–Trinajstić information content (AvgIpc) is 3.42. The van der Waals surface area contributed by atoms with Gasteiger partial charge in [-0.2, -0.15) is 11.8 Å². The van der Waals surface area contributed by atoms with Crippen molar-refractivity contribution in [3.05, 3.63) is 32.1 Å². The van der Waals surface area contributed by atoms with E-state index in [1.165, 1.54) is 96.3 Å². The Labute approximate surface area is 296 Å². The molecule has 3 unspecified atom stereocenters. The van der Waals surface area contributed by atoms with Crippen molar-refractivity contribution in [2.75, 3.05) is 25.6 Å². The third-order valence-electron chi connectivity index (χ3n) is 8.67. The van der Waals surface area contributed by atoms with Gasteiger partial charge in [0.05, 0.1) is 19.3 Å². The van der Waals surface area contributed by atoms with Crippen LogP contribution in [0.25, 0.3) is 0 Å². The van der Waals surface area contributed by atoms with Crippen LogP contribution in [0.3, 0.4) is 0 Å². The summed E-state index contributed by atoms with van der Waals surface area (Å²) in [6.45, 7) is 6.35. The summed E-state index contributed by atoms with van der Waals surface area (Å²) >= 11 is 7.79. The van der Waals surface area contributed by atoms with E-state index in [4.69, 9.17) is 30.1 Å². The fourth-order valence-electron chi connectivity index (χ4n) is 5.73. The SMILES string of the molecule is CCCCCCCCCCCCSC(CCCCCCC)C(C)OCCCOP(=O)(O)OC[C@H]1O[C@@H](n2cc(Cl)c(=O)[nH]c2=O)C[C@@H]1F. The Kier molecular flexibility index (Phi) is 22.9. The van der Waals surface area contributed by atoms with Crippen LogP contribution >= 0.6 is 31.2 Å². The summed E-state index contributed by atoms with van der Waals surface area (Å²) in [7, 11) is -4.47. The molecule has 0 aliphatic carbocycles. The number of phosphoric ester groups is 1. The van der Waals surface area contributed by atoms with E-state index in [9.17, 15) is 23.4 Å². The number of hydrogen-bond donors (Lipinski definition) is 2. The van der Waals surface area contributed by atoms with Crippen LogP contribution in [-0.2, 0) is 23.1 Å². The van der Waals surface area contributed by atoms with E-state index in [0.717, 1.165) is 22.9 Å². The lowest BCUT2D eigenvalue weighted by atomic mass is 10.1. The van der Waals surface area contributed by atoms with Crippen LogP contribution in [0.15, 0.2) is 15.8 Å². The van der Waals surface area contributed by atoms with Crippen LogP contribution in [0.2, 0.25) is 5.02 Å². The smallest absolute Gasteiger partial charge is 0.377 e. The zero-order chi connectivity index (χ0) is 35.2. The molecule has 1 aromatic heterocycles. The van der Waals surface area contributed by atoms with Crippen molar-refractivity contribution in [3.63, 3.8) is 0 Å². The van der Waals surface area contributed by atoms with E-state index in [2.05, 4.69) is 20.8 Å². The number of halogens is 2. The van der Waals surface area contributed by atoms with E-state index >= 15 is 0 Å². The molecule has 0 radical (unpaired) electrons. The van der Waals surface area contributed by atoms with Crippen LogP contribution < -0.4 is 11.2 Å². The molecule has 0 amide bonds. The Morgan fingerprint density at radius 1 is 0.979 bits per heavy atom. The highest BCUT2D eigenvalue weighted by molar-refractivity contribution is 7.99. The summed E-state index contributed by atoms with van der Waals surface area (Å²) in [6.07, 6.45) is 18.1. The number of aromatic nitrogens is 2. The first kappa shape index (κ1) is 43.4. The lowest BCUT2D eigenvalue weighted by Crippen LogP contribution is -2.32. The number of ether oxygens (including phenoxy) is 2.